The SMILES string of the molecule is CCc1cc(CC)n(CCCC(C)=O)n1. The van der Waals surface area contributed by atoms with E-state index in [1.54, 1.807) is 6.92 Å². The summed E-state index contributed by atoms with van der Waals surface area (Å²) < 4.78 is 2.04. The van der Waals surface area contributed by atoms with Crippen molar-refractivity contribution in [1.82, 2.24) is 9.78 Å². The van der Waals surface area contributed by atoms with Crippen molar-refractivity contribution in [2.24, 2.45) is 0 Å². The fraction of sp³-hybridized carbons (Fsp3) is 0.667. The average molecular weight is 208 g/mol. The van der Waals surface area contributed by atoms with E-state index >= 15 is 0 Å². The van der Waals surface area contributed by atoms with E-state index in [0.29, 0.717) is 6.42 Å². The van der Waals surface area contributed by atoms with Crippen molar-refractivity contribution in [3.05, 3.63) is 17.5 Å². The fourth-order valence-corrected chi connectivity index (χ4v) is 1.64. The van der Waals surface area contributed by atoms with Gasteiger partial charge in [0.25, 0.3) is 0 Å². The molecule has 0 bridgehead atoms. The first-order valence-electron chi connectivity index (χ1n) is 5.72. The number of aromatic nitrogens is 2. The van der Waals surface area contributed by atoms with Gasteiger partial charge in [-0.3, -0.25) is 4.68 Å². The molecule has 0 saturated carbocycles. The van der Waals surface area contributed by atoms with Crippen molar-refractivity contribution in [2.75, 3.05) is 0 Å². The molecule has 84 valence electrons. The monoisotopic (exact) mass is 208 g/mol. The molecule has 0 aliphatic heterocycles. The number of aryl methyl sites for hydroxylation is 3. The average Bonchev–Trinajstić information content (AvgIpc) is 2.60. The maximum Gasteiger partial charge on any atom is 0.129 e. The zero-order valence-corrected chi connectivity index (χ0v) is 9.92. The Labute approximate surface area is 91.5 Å². The third kappa shape index (κ3) is 3.50. The van der Waals surface area contributed by atoms with E-state index in [1.807, 2.05) is 4.68 Å². The standard InChI is InChI=1S/C12H20N2O/c1-4-11-9-12(5-2)14(13-11)8-6-7-10(3)15/h9H,4-8H2,1-3H3. The highest BCUT2D eigenvalue weighted by molar-refractivity contribution is 5.75. The molecule has 1 rings (SSSR count). The van der Waals surface area contributed by atoms with Gasteiger partial charge in [0, 0.05) is 18.7 Å². The Kier molecular flexibility index (Phi) is 4.53. The molecular weight excluding hydrogens is 188 g/mol. The molecule has 0 aliphatic rings. The molecular formula is C12H20N2O. The normalized spacial score (nSPS) is 10.6. The molecule has 0 amide bonds. The van der Waals surface area contributed by atoms with E-state index in [4.69, 9.17) is 0 Å². The Bertz CT molecular complexity index is 328. The lowest BCUT2D eigenvalue weighted by Gasteiger charge is -2.04. The van der Waals surface area contributed by atoms with Crippen molar-refractivity contribution >= 4 is 5.78 Å². The molecule has 0 unspecified atom stereocenters. The van der Waals surface area contributed by atoms with E-state index in [9.17, 15) is 4.79 Å². The second-order valence-electron chi connectivity index (χ2n) is 3.86. The Morgan fingerprint density at radius 1 is 1.40 bits per heavy atom. The van der Waals surface area contributed by atoms with E-state index in [1.165, 1.54) is 5.69 Å². The van der Waals surface area contributed by atoms with Crippen LogP contribution in [-0.4, -0.2) is 15.6 Å². The Morgan fingerprint density at radius 2 is 2.13 bits per heavy atom. The number of carbonyl (C=O) groups is 1. The van der Waals surface area contributed by atoms with Crippen LogP contribution in [0, 0.1) is 0 Å². The smallest absolute Gasteiger partial charge is 0.129 e. The number of Topliss-reactive ketones (excluding diaryl/α,β-unsaturated/α-hetero) is 1. The largest absolute Gasteiger partial charge is 0.300 e. The molecule has 0 aromatic carbocycles. The number of ketones is 1. The third-order valence-corrected chi connectivity index (χ3v) is 2.54. The topological polar surface area (TPSA) is 34.9 Å². The number of carbonyl (C=O) groups excluding carboxylic acids is 1. The summed E-state index contributed by atoms with van der Waals surface area (Å²) in [4.78, 5) is 10.8. The quantitative estimate of drug-likeness (QED) is 0.719. The molecule has 0 atom stereocenters. The van der Waals surface area contributed by atoms with Crippen molar-refractivity contribution in [2.45, 2.75) is 53.0 Å². The minimum absolute atomic E-state index is 0.260. The van der Waals surface area contributed by atoms with Crippen LogP contribution in [0.1, 0.15) is 45.0 Å². The van der Waals surface area contributed by atoms with E-state index < -0.39 is 0 Å². The molecule has 0 fully saturated rings. The molecule has 3 heteroatoms. The summed E-state index contributed by atoms with van der Waals surface area (Å²) in [5.41, 5.74) is 2.42. The maximum absolute atomic E-state index is 10.8. The van der Waals surface area contributed by atoms with E-state index in [0.717, 1.165) is 31.5 Å². The highest BCUT2D eigenvalue weighted by atomic mass is 16.1. The molecule has 15 heavy (non-hydrogen) atoms. The molecule has 0 N–H and O–H groups in total. The second kappa shape index (κ2) is 5.69. The van der Waals surface area contributed by atoms with E-state index in [2.05, 4.69) is 25.0 Å². The van der Waals surface area contributed by atoms with Gasteiger partial charge in [0.15, 0.2) is 0 Å². The summed E-state index contributed by atoms with van der Waals surface area (Å²) in [6.07, 6.45) is 3.54. The zero-order valence-electron chi connectivity index (χ0n) is 9.92. The molecule has 0 saturated heterocycles. The molecule has 1 aromatic rings. The molecule has 1 heterocycles. The molecule has 3 nitrogen and oxygen atoms in total. The minimum atomic E-state index is 0.260. The lowest BCUT2D eigenvalue weighted by molar-refractivity contribution is -0.117. The highest BCUT2D eigenvalue weighted by Crippen LogP contribution is 2.07. The molecule has 0 radical (unpaired) electrons. The van der Waals surface area contributed by atoms with Gasteiger partial charge in [0.1, 0.15) is 5.78 Å². The number of rotatable bonds is 6. The summed E-state index contributed by atoms with van der Waals surface area (Å²) in [5, 5.41) is 4.50. The van der Waals surface area contributed by atoms with Crippen LogP contribution in [0.4, 0.5) is 0 Å². The predicted octanol–water partition coefficient (Wildman–Crippen LogP) is 2.38. The summed E-state index contributed by atoms with van der Waals surface area (Å²) in [7, 11) is 0. The maximum atomic E-state index is 10.8. The van der Waals surface area contributed by atoms with Gasteiger partial charge in [-0.15, -0.1) is 0 Å². The van der Waals surface area contributed by atoms with Crippen LogP contribution in [0.3, 0.4) is 0 Å². The first-order chi connectivity index (χ1) is 7.17. The van der Waals surface area contributed by atoms with Crippen LogP contribution in [0.25, 0.3) is 0 Å². The van der Waals surface area contributed by atoms with Gasteiger partial charge in [-0.1, -0.05) is 13.8 Å². The zero-order chi connectivity index (χ0) is 11.3. The van der Waals surface area contributed by atoms with Gasteiger partial charge in [-0.05, 0) is 32.3 Å². The van der Waals surface area contributed by atoms with Crippen LogP contribution < -0.4 is 0 Å². The Hall–Kier alpha value is -1.12. The fourth-order valence-electron chi connectivity index (χ4n) is 1.64. The van der Waals surface area contributed by atoms with Gasteiger partial charge in [0.2, 0.25) is 0 Å². The molecule has 0 aliphatic carbocycles. The van der Waals surface area contributed by atoms with Crippen molar-refractivity contribution in [3.8, 4) is 0 Å². The van der Waals surface area contributed by atoms with Crippen LogP contribution in [0.5, 0.6) is 0 Å². The predicted molar refractivity (Wildman–Crippen MR) is 60.9 cm³/mol. The molecule has 0 spiro atoms. The van der Waals surface area contributed by atoms with Crippen molar-refractivity contribution in [3.63, 3.8) is 0 Å². The summed E-state index contributed by atoms with van der Waals surface area (Å²) in [6, 6.07) is 2.16. The minimum Gasteiger partial charge on any atom is -0.300 e. The summed E-state index contributed by atoms with van der Waals surface area (Å²) in [6.45, 7) is 6.75. The number of nitrogens with zero attached hydrogens (tertiary/aromatic N) is 2. The lowest BCUT2D eigenvalue weighted by Crippen LogP contribution is -2.06. The van der Waals surface area contributed by atoms with Crippen LogP contribution in [0.2, 0.25) is 0 Å². The lowest BCUT2D eigenvalue weighted by atomic mass is 10.2. The van der Waals surface area contributed by atoms with Crippen LogP contribution >= 0.6 is 0 Å². The second-order valence-corrected chi connectivity index (χ2v) is 3.86. The Balaban J connectivity index is 2.58. The van der Waals surface area contributed by atoms with Gasteiger partial charge < -0.3 is 4.79 Å². The third-order valence-electron chi connectivity index (χ3n) is 2.54. The summed E-state index contributed by atoms with van der Waals surface area (Å²) in [5.74, 6) is 0.260. The summed E-state index contributed by atoms with van der Waals surface area (Å²) >= 11 is 0. The number of hydrogen-bond acceptors (Lipinski definition) is 2. The van der Waals surface area contributed by atoms with Gasteiger partial charge >= 0.3 is 0 Å². The van der Waals surface area contributed by atoms with Crippen LogP contribution in [0.15, 0.2) is 6.07 Å². The van der Waals surface area contributed by atoms with E-state index in [-0.39, 0.29) is 5.78 Å². The first-order valence-corrected chi connectivity index (χ1v) is 5.72. The van der Waals surface area contributed by atoms with Gasteiger partial charge in [-0.2, -0.15) is 5.10 Å². The van der Waals surface area contributed by atoms with Crippen molar-refractivity contribution < 1.29 is 4.79 Å². The molecule has 1 aromatic heterocycles. The highest BCUT2D eigenvalue weighted by Gasteiger charge is 2.04. The van der Waals surface area contributed by atoms with Gasteiger partial charge in [-0.25, -0.2) is 0 Å². The first kappa shape index (κ1) is 12.0. The van der Waals surface area contributed by atoms with Crippen molar-refractivity contribution in [1.29, 1.82) is 0 Å². The Morgan fingerprint density at radius 3 is 2.67 bits per heavy atom. The van der Waals surface area contributed by atoms with Gasteiger partial charge in [0.05, 0.1) is 5.69 Å². The number of hydrogen-bond donors (Lipinski definition) is 0. The van der Waals surface area contributed by atoms with Crippen LogP contribution in [-0.2, 0) is 24.2 Å².